The molecule has 0 aliphatic carbocycles. The van der Waals surface area contributed by atoms with Gasteiger partial charge in [0.05, 0.1) is 0 Å². The fraction of sp³-hybridized carbons (Fsp3) is 1.00. The minimum absolute atomic E-state index is 0.746. The summed E-state index contributed by atoms with van der Waals surface area (Å²) in [4.78, 5) is 0. The third-order valence-corrected chi connectivity index (χ3v) is 5.06. The Kier molecular flexibility index (Phi) is 4.64. The number of hydrogen-bond acceptors (Lipinski definition) is 1. The Balaban J connectivity index is 3.88. The Morgan fingerprint density at radius 3 is 1.56 bits per heavy atom. The van der Waals surface area contributed by atoms with Crippen molar-refractivity contribution in [1.29, 1.82) is 0 Å². The van der Waals surface area contributed by atoms with Crippen LogP contribution >= 0.6 is 56.2 Å². The number of halogens is 5. The van der Waals surface area contributed by atoms with Crippen LogP contribution < -0.4 is 0 Å². The van der Waals surface area contributed by atoms with E-state index in [-0.39, 0.29) is 0 Å². The van der Waals surface area contributed by atoms with Crippen LogP contribution in [0.25, 0.3) is 0 Å². The van der Waals surface area contributed by atoms with Crippen LogP contribution in [0.3, 0.4) is 0 Å². The van der Waals surface area contributed by atoms with Crippen LogP contribution in [0.1, 0.15) is 0 Å². The van der Waals surface area contributed by atoms with E-state index in [0.29, 0.717) is 0 Å². The highest BCUT2D eigenvalue weighted by Crippen LogP contribution is 2.25. The lowest BCUT2D eigenvalue weighted by atomic mass is 10.4. The van der Waals surface area contributed by atoms with Crippen molar-refractivity contribution in [1.82, 2.24) is 4.48 Å². The molecular weight excluding hydrogens is 242 g/mol. The zero-order valence-corrected chi connectivity index (χ0v) is 9.19. The minimum atomic E-state index is -2.84. The predicted octanol–water partition coefficient (Wildman–Crippen LogP) is 2.53. The summed E-state index contributed by atoms with van der Waals surface area (Å²) in [7, 11) is 1.56. The van der Waals surface area contributed by atoms with E-state index >= 15 is 0 Å². The lowest BCUT2D eigenvalue weighted by Gasteiger charge is -2.20. The average molecular weight is 245 g/mol. The van der Waals surface area contributed by atoms with Crippen LogP contribution in [-0.2, 0) is 0 Å². The summed E-state index contributed by atoms with van der Waals surface area (Å²) in [5, 5.41) is 0. The van der Waals surface area contributed by atoms with E-state index in [9.17, 15) is 0 Å². The molecule has 0 unspecified atom stereocenters. The van der Waals surface area contributed by atoms with Crippen LogP contribution in [-0.4, -0.2) is 23.4 Å². The summed E-state index contributed by atoms with van der Waals surface area (Å²) in [6.07, 6.45) is -2.84. The monoisotopic (exact) mass is 243 g/mol. The molecule has 0 aromatic carbocycles. The highest BCUT2D eigenvalue weighted by molar-refractivity contribution is 7.66. The first-order valence-corrected chi connectivity index (χ1v) is 7.79. The van der Waals surface area contributed by atoms with E-state index in [0.717, 1.165) is 0 Å². The predicted molar refractivity (Wildman–Crippen MR) is 48.5 cm³/mol. The molecule has 0 aliphatic rings. The van der Waals surface area contributed by atoms with E-state index in [4.69, 9.17) is 56.2 Å². The molecule has 0 aromatic heterocycles. The Morgan fingerprint density at radius 1 is 1.22 bits per heavy atom. The highest BCUT2D eigenvalue weighted by Gasteiger charge is 2.37. The van der Waals surface area contributed by atoms with Gasteiger partial charge in [-0.1, -0.05) is 0 Å². The maximum absolute atomic E-state index is 5.51. The van der Waals surface area contributed by atoms with Crippen LogP contribution in [0.5, 0.6) is 0 Å². The van der Waals surface area contributed by atoms with E-state index in [1.807, 2.05) is 0 Å². The Labute approximate surface area is 79.3 Å². The second kappa shape index (κ2) is 3.91. The van der Waals surface area contributed by atoms with Crippen LogP contribution in [0, 0.1) is 0 Å². The van der Waals surface area contributed by atoms with Crippen molar-refractivity contribution in [2.45, 2.75) is 0 Å². The van der Waals surface area contributed by atoms with Gasteiger partial charge in [0, 0.05) is 0 Å². The second-order valence-electron chi connectivity index (χ2n) is 1.36. The maximum Gasteiger partial charge on any atom is 0.430 e. The molecule has 0 aliphatic heterocycles. The first kappa shape index (κ1) is 10.7. The Morgan fingerprint density at radius 2 is 1.56 bits per heavy atom. The smallest absolute Gasteiger partial charge is 0.303 e. The Bertz CT molecular complexity index is 91.4. The SMILES string of the molecule is CN(B(Cl)Cl)[Si](Cl)(Cl)Cl. The van der Waals surface area contributed by atoms with Gasteiger partial charge in [-0.05, 0) is 7.05 Å². The topological polar surface area (TPSA) is 3.24 Å². The standard InChI is InChI=1S/CH3BCl5NSi/c1-8(2(3)4)9(5,6)7/h1H3. The molecule has 0 saturated carbocycles. The fourth-order valence-electron chi connectivity index (χ4n) is 0.111. The number of rotatable bonds is 2. The van der Waals surface area contributed by atoms with E-state index < -0.39 is 11.8 Å². The first-order chi connectivity index (χ1) is 3.85. The van der Waals surface area contributed by atoms with Crippen molar-refractivity contribution in [2.75, 3.05) is 7.05 Å². The summed E-state index contributed by atoms with van der Waals surface area (Å²) in [6, 6.07) is 0. The van der Waals surface area contributed by atoms with E-state index in [2.05, 4.69) is 0 Å². The largest absolute Gasteiger partial charge is 0.430 e. The average Bonchev–Trinajstić information content (AvgIpc) is 1.62. The normalized spacial score (nSPS) is 12.3. The third-order valence-electron chi connectivity index (χ3n) is 0.693. The van der Waals surface area contributed by atoms with Gasteiger partial charge in [-0.15, -0.1) is 56.2 Å². The number of hydrogen-bond donors (Lipinski definition) is 0. The van der Waals surface area contributed by atoms with E-state index in [1.54, 1.807) is 7.05 Å². The van der Waals surface area contributed by atoms with Gasteiger partial charge in [0.25, 0.3) is 0 Å². The van der Waals surface area contributed by atoms with Gasteiger partial charge < -0.3 is 4.48 Å². The quantitative estimate of drug-likeness (QED) is 0.533. The van der Waals surface area contributed by atoms with Crippen LogP contribution in [0.2, 0.25) is 0 Å². The van der Waals surface area contributed by atoms with Gasteiger partial charge in [0.1, 0.15) is 0 Å². The molecule has 0 rings (SSSR count). The molecule has 54 valence electrons. The molecule has 0 heterocycles. The van der Waals surface area contributed by atoms with Gasteiger partial charge in [-0.3, -0.25) is 0 Å². The van der Waals surface area contributed by atoms with Gasteiger partial charge >= 0.3 is 11.8 Å². The van der Waals surface area contributed by atoms with Crippen LogP contribution in [0.4, 0.5) is 0 Å². The van der Waals surface area contributed by atoms with Crippen molar-refractivity contribution < 1.29 is 0 Å². The molecule has 9 heavy (non-hydrogen) atoms. The highest BCUT2D eigenvalue weighted by atomic mass is 35.8. The Hall–Kier alpha value is 1.69. The van der Waals surface area contributed by atoms with Crippen molar-refractivity contribution in [2.24, 2.45) is 0 Å². The third kappa shape index (κ3) is 4.19. The minimum Gasteiger partial charge on any atom is -0.303 e. The van der Waals surface area contributed by atoms with Gasteiger partial charge in [0.2, 0.25) is 0 Å². The van der Waals surface area contributed by atoms with Gasteiger partial charge in [-0.2, -0.15) is 0 Å². The van der Waals surface area contributed by atoms with Crippen molar-refractivity contribution in [3.63, 3.8) is 0 Å². The summed E-state index contributed by atoms with van der Waals surface area (Å²) in [5.41, 5.74) is -0.746. The summed E-state index contributed by atoms with van der Waals surface area (Å²) in [6.45, 7) is 0. The second-order valence-corrected chi connectivity index (χ2v) is 10.7. The van der Waals surface area contributed by atoms with Crippen molar-refractivity contribution >= 4 is 68.0 Å². The molecule has 0 N–H and O–H groups in total. The zero-order valence-electron chi connectivity index (χ0n) is 4.41. The fourth-order valence-corrected chi connectivity index (χ4v) is 2.99. The van der Waals surface area contributed by atoms with Gasteiger partial charge in [0.15, 0.2) is 0 Å². The first-order valence-electron chi connectivity index (χ1n) is 1.93. The molecule has 0 bridgehead atoms. The number of nitrogens with zero attached hydrogens (tertiary/aromatic N) is 1. The molecule has 0 amide bonds. The molecule has 0 aromatic rings. The summed E-state index contributed by atoms with van der Waals surface area (Å²) >= 11 is 27.3. The van der Waals surface area contributed by atoms with E-state index in [1.165, 1.54) is 4.48 Å². The molecule has 0 radical (unpaired) electrons. The van der Waals surface area contributed by atoms with Crippen molar-refractivity contribution in [3.05, 3.63) is 0 Å². The maximum atomic E-state index is 5.51. The molecule has 0 atom stereocenters. The molecule has 8 heteroatoms. The van der Waals surface area contributed by atoms with Gasteiger partial charge in [-0.25, -0.2) is 0 Å². The summed E-state index contributed by atoms with van der Waals surface area (Å²) in [5.74, 6) is 0. The summed E-state index contributed by atoms with van der Waals surface area (Å²) < 4.78 is 1.32. The molecule has 0 saturated heterocycles. The lowest BCUT2D eigenvalue weighted by Crippen LogP contribution is -2.42. The zero-order chi connectivity index (χ0) is 7.65. The molecular formula is CH3BCl5NSi. The van der Waals surface area contributed by atoms with Crippen LogP contribution in [0.15, 0.2) is 0 Å². The molecule has 1 nitrogen and oxygen atoms in total. The molecule has 0 spiro atoms. The molecule has 0 fully saturated rings. The lowest BCUT2D eigenvalue weighted by molar-refractivity contribution is 0.857. The van der Waals surface area contributed by atoms with Crippen molar-refractivity contribution in [3.8, 4) is 0 Å².